The van der Waals surface area contributed by atoms with Gasteiger partial charge in [0.25, 0.3) is 0 Å². The van der Waals surface area contributed by atoms with Gasteiger partial charge in [-0.1, -0.05) is 13.3 Å². The van der Waals surface area contributed by atoms with Crippen LogP contribution in [0.2, 0.25) is 0 Å². The number of amides is 1. The molecule has 1 heterocycles. The van der Waals surface area contributed by atoms with Gasteiger partial charge < -0.3 is 4.90 Å². The topological polar surface area (TPSA) is 23.6 Å². The Hall–Kier alpha value is -0.570. The van der Waals surface area contributed by atoms with Gasteiger partial charge >= 0.3 is 0 Å². The Morgan fingerprint density at radius 3 is 2.50 bits per heavy atom. The summed E-state index contributed by atoms with van der Waals surface area (Å²) in [6.07, 6.45) is 6.00. The third kappa shape index (κ3) is 3.78. The summed E-state index contributed by atoms with van der Waals surface area (Å²) in [6, 6.07) is 0.0460. The molecule has 0 aromatic carbocycles. The number of hydrogen-bond donors (Lipinski definition) is 0. The molecule has 1 atom stereocenters. The molecule has 1 aliphatic heterocycles. The van der Waals surface area contributed by atoms with Crippen molar-refractivity contribution >= 4 is 5.91 Å². The van der Waals surface area contributed by atoms with Crippen LogP contribution in [0.1, 0.15) is 46.0 Å². The van der Waals surface area contributed by atoms with Crippen molar-refractivity contribution < 1.29 is 4.79 Å². The zero-order chi connectivity index (χ0) is 12.0. The highest BCUT2D eigenvalue weighted by Crippen LogP contribution is 2.12. The minimum atomic E-state index is 0.0460. The third-order valence-corrected chi connectivity index (χ3v) is 3.55. The Bertz CT molecular complexity index is 212. The van der Waals surface area contributed by atoms with Crippen molar-refractivity contribution in [2.45, 2.75) is 52.0 Å². The maximum atomic E-state index is 12.2. The van der Waals surface area contributed by atoms with Gasteiger partial charge in [-0.25, -0.2) is 0 Å². The van der Waals surface area contributed by atoms with Gasteiger partial charge in [0.1, 0.15) is 0 Å². The number of carbonyl (C=O) groups is 1. The van der Waals surface area contributed by atoms with Crippen molar-refractivity contribution in [3.8, 4) is 0 Å². The molecule has 0 spiro atoms. The van der Waals surface area contributed by atoms with E-state index in [1.165, 1.54) is 32.1 Å². The summed E-state index contributed by atoms with van der Waals surface area (Å²) in [4.78, 5) is 16.4. The highest BCUT2D eigenvalue weighted by atomic mass is 16.2. The van der Waals surface area contributed by atoms with Crippen LogP contribution in [-0.4, -0.2) is 48.4 Å². The van der Waals surface area contributed by atoms with Crippen LogP contribution in [0, 0.1) is 0 Å². The number of hydrogen-bond acceptors (Lipinski definition) is 2. The Morgan fingerprint density at radius 1 is 1.31 bits per heavy atom. The number of rotatable bonds is 5. The van der Waals surface area contributed by atoms with E-state index in [0.29, 0.717) is 5.91 Å². The van der Waals surface area contributed by atoms with E-state index in [4.69, 9.17) is 0 Å². The van der Waals surface area contributed by atoms with Gasteiger partial charge in [-0.15, -0.1) is 0 Å². The summed E-state index contributed by atoms with van der Waals surface area (Å²) in [7, 11) is 2.06. The van der Waals surface area contributed by atoms with Crippen molar-refractivity contribution in [1.82, 2.24) is 9.80 Å². The maximum Gasteiger partial charge on any atom is 0.239 e. The molecule has 1 saturated heterocycles. The van der Waals surface area contributed by atoms with Crippen molar-refractivity contribution in [2.24, 2.45) is 0 Å². The second kappa shape index (κ2) is 6.89. The van der Waals surface area contributed by atoms with Crippen molar-refractivity contribution in [3.05, 3.63) is 0 Å². The molecule has 1 aliphatic rings. The van der Waals surface area contributed by atoms with Gasteiger partial charge in [0.05, 0.1) is 6.04 Å². The summed E-state index contributed by atoms with van der Waals surface area (Å²) >= 11 is 0. The molecule has 0 aliphatic carbocycles. The minimum Gasteiger partial charge on any atom is -0.341 e. The lowest BCUT2D eigenvalue weighted by atomic mass is 10.1. The number of piperidine rings is 1. The lowest BCUT2D eigenvalue weighted by molar-refractivity contribution is -0.136. The molecular formula is C13H26N2O. The third-order valence-electron chi connectivity index (χ3n) is 3.55. The predicted molar refractivity (Wildman–Crippen MR) is 67.4 cm³/mol. The fourth-order valence-electron chi connectivity index (χ4n) is 2.17. The van der Waals surface area contributed by atoms with Gasteiger partial charge in [-0.3, -0.25) is 9.69 Å². The van der Waals surface area contributed by atoms with E-state index in [9.17, 15) is 4.79 Å². The molecule has 0 saturated carbocycles. The minimum absolute atomic E-state index is 0.0460. The first-order valence-corrected chi connectivity index (χ1v) is 6.65. The Balaban J connectivity index is 2.38. The van der Waals surface area contributed by atoms with Crippen LogP contribution in [0.15, 0.2) is 0 Å². The first-order chi connectivity index (χ1) is 7.66. The number of unbranched alkanes of at least 4 members (excludes halogenated alkanes) is 1. The fourth-order valence-corrected chi connectivity index (χ4v) is 2.17. The van der Waals surface area contributed by atoms with E-state index >= 15 is 0 Å². The first kappa shape index (κ1) is 13.5. The molecule has 0 N–H and O–H groups in total. The van der Waals surface area contributed by atoms with E-state index in [0.717, 1.165) is 19.6 Å². The van der Waals surface area contributed by atoms with Gasteiger partial charge in [-0.05, 0) is 46.2 Å². The standard InChI is InChI=1S/C13H26N2O/c1-4-5-9-14(3)12(2)13(16)15-10-7-6-8-11-15/h12H,4-11H2,1-3H3. The Labute approximate surface area is 99.8 Å². The molecular weight excluding hydrogens is 200 g/mol. The number of nitrogens with zero attached hydrogens (tertiary/aromatic N) is 2. The van der Waals surface area contributed by atoms with Crippen molar-refractivity contribution in [1.29, 1.82) is 0 Å². The molecule has 0 aromatic heterocycles. The SMILES string of the molecule is CCCCN(C)C(C)C(=O)N1CCCCC1. The van der Waals surface area contributed by atoms with Gasteiger partial charge in [-0.2, -0.15) is 0 Å². The summed E-state index contributed by atoms with van der Waals surface area (Å²) in [5.41, 5.74) is 0. The second-order valence-corrected chi connectivity index (χ2v) is 4.90. The summed E-state index contributed by atoms with van der Waals surface area (Å²) in [6.45, 7) is 7.17. The van der Waals surface area contributed by atoms with Crippen LogP contribution in [0.3, 0.4) is 0 Å². The normalized spacial score (nSPS) is 18.9. The zero-order valence-electron chi connectivity index (χ0n) is 11.0. The van der Waals surface area contributed by atoms with E-state index in [1.807, 2.05) is 11.8 Å². The quantitative estimate of drug-likeness (QED) is 0.717. The molecule has 0 aromatic rings. The first-order valence-electron chi connectivity index (χ1n) is 6.65. The van der Waals surface area contributed by atoms with Crippen LogP contribution in [-0.2, 0) is 4.79 Å². The molecule has 1 unspecified atom stereocenters. The summed E-state index contributed by atoms with van der Waals surface area (Å²) in [5, 5.41) is 0. The molecule has 94 valence electrons. The van der Waals surface area contributed by atoms with Crippen LogP contribution < -0.4 is 0 Å². The molecule has 1 rings (SSSR count). The number of carbonyl (C=O) groups excluding carboxylic acids is 1. The van der Waals surface area contributed by atoms with Crippen LogP contribution in [0.25, 0.3) is 0 Å². The van der Waals surface area contributed by atoms with E-state index in [-0.39, 0.29) is 6.04 Å². The predicted octanol–water partition coefficient (Wildman–Crippen LogP) is 2.12. The van der Waals surface area contributed by atoms with Crippen LogP contribution in [0.5, 0.6) is 0 Å². The van der Waals surface area contributed by atoms with E-state index < -0.39 is 0 Å². The molecule has 1 fully saturated rings. The Morgan fingerprint density at radius 2 is 1.94 bits per heavy atom. The summed E-state index contributed by atoms with van der Waals surface area (Å²) in [5.74, 6) is 0.318. The lowest BCUT2D eigenvalue weighted by Gasteiger charge is -2.32. The van der Waals surface area contributed by atoms with Crippen molar-refractivity contribution in [3.63, 3.8) is 0 Å². The molecule has 1 amide bonds. The second-order valence-electron chi connectivity index (χ2n) is 4.90. The number of likely N-dealkylation sites (N-methyl/N-ethyl adjacent to an activating group) is 1. The smallest absolute Gasteiger partial charge is 0.239 e. The highest BCUT2D eigenvalue weighted by molar-refractivity contribution is 5.81. The molecule has 0 radical (unpaired) electrons. The largest absolute Gasteiger partial charge is 0.341 e. The number of likely N-dealkylation sites (tertiary alicyclic amines) is 1. The average molecular weight is 226 g/mol. The lowest BCUT2D eigenvalue weighted by Crippen LogP contribution is -2.47. The summed E-state index contributed by atoms with van der Waals surface area (Å²) < 4.78 is 0. The molecule has 0 bridgehead atoms. The van der Waals surface area contributed by atoms with Gasteiger partial charge in [0, 0.05) is 13.1 Å². The zero-order valence-corrected chi connectivity index (χ0v) is 11.0. The Kier molecular flexibility index (Phi) is 5.81. The van der Waals surface area contributed by atoms with Crippen molar-refractivity contribution in [2.75, 3.05) is 26.7 Å². The average Bonchev–Trinajstić information content (AvgIpc) is 2.35. The fraction of sp³-hybridized carbons (Fsp3) is 0.923. The van der Waals surface area contributed by atoms with E-state index in [1.54, 1.807) is 0 Å². The van der Waals surface area contributed by atoms with Gasteiger partial charge in [0.15, 0.2) is 0 Å². The van der Waals surface area contributed by atoms with Crippen LogP contribution >= 0.6 is 0 Å². The van der Waals surface area contributed by atoms with Gasteiger partial charge in [0.2, 0.25) is 5.91 Å². The molecule has 3 heteroatoms. The van der Waals surface area contributed by atoms with Crippen LogP contribution in [0.4, 0.5) is 0 Å². The molecule has 16 heavy (non-hydrogen) atoms. The van der Waals surface area contributed by atoms with E-state index in [2.05, 4.69) is 18.9 Å². The monoisotopic (exact) mass is 226 g/mol. The maximum absolute atomic E-state index is 12.2. The molecule has 3 nitrogen and oxygen atoms in total. The highest BCUT2D eigenvalue weighted by Gasteiger charge is 2.24.